The van der Waals surface area contributed by atoms with E-state index in [1.807, 2.05) is 18.2 Å². The smallest absolute Gasteiger partial charge is 0.267 e. The quantitative estimate of drug-likeness (QED) is 0.734. The monoisotopic (exact) mass is 364 g/mol. The minimum absolute atomic E-state index is 0.177. The standard InChI is InChI=1S/C19H16N4O4/c24-18(21-10-14-3-1-2-8-20-14)11-23-19(25)7-5-15(22-23)13-4-6-16-17(9-13)27-12-26-16/h1-9H,10-12H2,(H,21,24). The number of pyridine rings is 1. The zero-order chi connectivity index (χ0) is 18.6. The van der Waals surface area contributed by atoms with Crippen LogP contribution in [-0.4, -0.2) is 27.5 Å². The minimum Gasteiger partial charge on any atom is -0.454 e. The van der Waals surface area contributed by atoms with Crippen molar-refractivity contribution >= 4 is 5.91 Å². The second-order valence-corrected chi connectivity index (χ2v) is 5.88. The highest BCUT2D eigenvalue weighted by Gasteiger charge is 2.15. The van der Waals surface area contributed by atoms with Gasteiger partial charge in [-0.05, 0) is 36.4 Å². The van der Waals surface area contributed by atoms with Gasteiger partial charge in [-0.3, -0.25) is 14.6 Å². The Morgan fingerprint density at radius 1 is 1.11 bits per heavy atom. The van der Waals surface area contributed by atoms with Crippen LogP contribution in [-0.2, 0) is 17.9 Å². The van der Waals surface area contributed by atoms with Gasteiger partial charge in [0.25, 0.3) is 5.56 Å². The van der Waals surface area contributed by atoms with E-state index in [0.717, 1.165) is 15.9 Å². The highest BCUT2D eigenvalue weighted by molar-refractivity contribution is 5.75. The zero-order valence-electron chi connectivity index (χ0n) is 14.3. The molecular weight excluding hydrogens is 348 g/mol. The van der Waals surface area contributed by atoms with Gasteiger partial charge in [0.05, 0.1) is 17.9 Å². The van der Waals surface area contributed by atoms with Crippen molar-refractivity contribution in [3.63, 3.8) is 0 Å². The van der Waals surface area contributed by atoms with Crippen LogP contribution in [0.4, 0.5) is 0 Å². The summed E-state index contributed by atoms with van der Waals surface area (Å²) in [5.74, 6) is 0.971. The molecule has 0 atom stereocenters. The van der Waals surface area contributed by atoms with E-state index in [4.69, 9.17) is 9.47 Å². The number of benzene rings is 1. The predicted molar refractivity (Wildman–Crippen MR) is 96.1 cm³/mol. The highest BCUT2D eigenvalue weighted by Crippen LogP contribution is 2.35. The Bertz CT molecular complexity index is 1030. The number of carbonyl (C=O) groups excluding carboxylic acids is 1. The highest BCUT2D eigenvalue weighted by atomic mass is 16.7. The van der Waals surface area contributed by atoms with Crippen molar-refractivity contribution in [1.82, 2.24) is 20.1 Å². The number of carbonyl (C=O) groups is 1. The maximum Gasteiger partial charge on any atom is 0.267 e. The van der Waals surface area contributed by atoms with E-state index < -0.39 is 0 Å². The first kappa shape index (κ1) is 16.8. The Balaban J connectivity index is 1.49. The average Bonchev–Trinajstić information content (AvgIpc) is 3.17. The molecule has 0 aliphatic carbocycles. The van der Waals surface area contributed by atoms with Crippen LogP contribution >= 0.6 is 0 Å². The Hall–Kier alpha value is -3.68. The average molecular weight is 364 g/mol. The summed E-state index contributed by atoms with van der Waals surface area (Å²) in [5.41, 5.74) is 1.71. The lowest BCUT2D eigenvalue weighted by molar-refractivity contribution is -0.122. The van der Waals surface area contributed by atoms with Gasteiger partial charge in [0, 0.05) is 17.8 Å². The fourth-order valence-corrected chi connectivity index (χ4v) is 2.66. The summed E-state index contributed by atoms with van der Waals surface area (Å²) in [6.45, 7) is 0.294. The van der Waals surface area contributed by atoms with E-state index in [0.29, 0.717) is 17.2 Å². The SMILES string of the molecule is O=C(Cn1nc(-c2ccc3c(c2)OCO3)ccc1=O)NCc1ccccn1. The summed E-state index contributed by atoms with van der Waals surface area (Å²) in [4.78, 5) is 28.4. The van der Waals surface area contributed by atoms with Crippen LogP contribution < -0.4 is 20.3 Å². The van der Waals surface area contributed by atoms with Crippen molar-refractivity contribution in [2.75, 3.05) is 6.79 Å². The molecule has 0 bridgehead atoms. The van der Waals surface area contributed by atoms with Crippen LogP contribution in [0, 0.1) is 0 Å². The molecule has 3 aromatic rings. The Kier molecular flexibility index (Phi) is 4.52. The van der Waals surface area contributed by atoms with Crippen molar-refractivity contribution in [3.8, 4) is 22.8 Å². The summed E-state index contributed by atoms with van der Waals surface area (Å²) in [6.07, 6.45) is 1.66. The third-order valence-corrected chi connectivity index (χ3v) is 4.02. The van der Waals surface area contributed by atoms with Crippen molar-refractivity contribution in [3.05, 3.63) is 70.8 Å². The van der Waals surface area contributed by atoms with Crippen molar-refractivity contribution < 1.29 is 14.3 Å². The molecule has 0 radical (unpaired) electrons. The Morgan fingerprint density at radius 3 is 2.85 bits per heavy atom. The number of nitrogens with one attached hydrogen (secondary N) is 1. The van der Waals surface area contributed by atoms with Crippen LogP contribution in [0.15, 0.2) is 59.5 Å². The molecular formula is C19H16N4O4. The van der Waals surface area contributed by atoms with Gasteiger partial charge in [0.2, 0.25) is 12.7 Å². The van der Waals surface area contributed by atoms with E-state index >= 15 is 0 Å². The fraction of sp³-hybridized carbons (Fsp3) is 0.158. The number of hydrogen-bond acceptors (Lipinski definition) is 6. The number of fused-ring (bicyclic) bond motifs is 1. The molecule has 0 saturated heterocycles. The maximum atomic E-state index is 12.2. The van der Waals surface area contributed by atoms with E-state index in [1.165, 1.54) is 6.07 Å². The van der Waals surface area contributed by atoms with Gasteiger partial charge in [-0.2, -0.15) is 5.10 Å². The molecule has 1 aliphatic rings. The van der Waals surface area contributed by atoms with E-state index in [-0.39, 0.29) is 31.3 Å². The molecule has 8 heteroatoms. The van der Waals surface area contributed by atoms with Gasteiger partial charge in [-0.1, -0.05) is 6.07 Å². The van der Waals surface area contributed by atoms with Crippen LogP contribution in [0.1, 0.15) is 5.69 Å². The molecule has 136 valence electrons. The molecule has 27 heavy (non-hydrogen) atoms. The molecule has 1 N–H and O–H groups in total. The molecule has 8 nitrogen and oxygen atoms in total. The normalized spacial score (nSPS) is 12.0. The number of ether oxygens (including phenoxy) is 2. The number of amides is 1. The summed E-state index contributed by atoms with van der Waals surface area (Å²) >= 11 is 0. The first-order chi connectivity index (χ1) is 13.2. The molecule has 1 amide bonds. The summed E-state index contributed by atoms with van der Waals surface area (Å²) in [5, 5.41) is 7.02. The number of hydrogen-bond donors (Lipinski definition) is 1. The Morgan fingerprint density at radius 2 is 2.00 bits per heavy atom. The molecule has 0 unspecified atom stereocenters. The van der Waals surface area contributed by atoms with Gasteiger partial charge in [-0.25, -0.2) is 4.68 Å². The number of aromatic nitrogens is 3. The van der Waals surface area contributed by atoms with Crippen LogP contribution in [0.25, 0.3) is 11.3 Å². The lowest BCUT2D eigenvalue weighted by Gasteiger charge is -2.08. The van der Waals surface area contributed by atoms with Gasteiger partial charge >= 0.3 is 0 Å². The third-order valence-electron chi connectivity index (χ3n) is 4.02. The van der Waals surface area contributed by atoms with Crippen molar-refractivity contribution in [2.24, 2.45) is 0 Å². The molecule has 1 aliphatic heterocycles. The molecule has 3 heterocycles. The first-order valence-corrected chi connectivity index (χ1v) is 8.34. The van der Waals surface area contributed by atoms with Crippen LogP contribution in [0.3, 0.4) is 0 Å². The molecule has 0 fully saturated rings. The second kappa shape index (κ2) is 7.28. The largest absolute Gasteiger partial charge is 0.454 e. The van der Waals surface area contributed by atoms with Gasteiger partial charge in [0.1, 0.15) is 6.54 Å². The molecule has 2 aromatic heterocycles. The van der Waals surface area contributed by atoms with E-state index in [1.54, 1.807) is 30.5 Å². The summed E-state index contributed by atoms with van der Waals surface area (Å²) < 4.78 is 11.8. The maximum absolute atomic E-state index is 12.2. The topological polar surface area (TPSA) is 95.3 Å². The zero-order valence-corrected chi connectivity index (χ0v) is 14.3. The van der Waals surface area contributed by atoms with E-state index in [9.17, 15) is 9.59 Å². The third kappa shape index (κ3) is 3.79. The number of rotatable bonds is 5. The van der Waals surface area contributed by atoms with Crippen LogP contribution in [0.2, 0.25) is 0 Å². The minimum atomic E-state index is -0.354. The number of nitrogens with zero attached hydrogens (tertiary/aromatic N) is 3. The lowest BCUT2D eigenvalue weighted by Crippen LogP contribution is -2.33. The molecule has 0 spiro atoms. The first-order valence-electron chi connectivity index (χ1n) is 8.34. The lowest BCUT2D eigenvalue weighted by atomic mass is 10.1. The Labute approximate surface area is 154 Å². The van der Waals surface area contributed by atoms with Gasteiger partial charge in [-0.15, -0.1) is 0 Å². The second-order valence-electron chi connectivity index (χ2n) is 5.88. The van der Waals surface area contributed by atoms with Crippen LogP contribution in [0.5, 0.6) is 11.5 Å². The van der Waals surface area contributed by atoms with Crippen molar-refractivity contribution in [1.29, 1.82) is 0 Å². The molecule has 0 saturated carbocycles. The summed E-state index contributed by atoms with van der Waals surface area (Å²) in [6, 6.07) is 13.9. The fourth-order valence-electron chi connectivity index (χ4n) is 2.66. The molecule has 4 rings (SSSR count). The van der Waals surface area contributed by atoms with Gasteiger partial charge in [0.15, 0.2) is 11.5 Å². The van der Waals surface area contributed by atoms with E-state index in [2.05, 4.69) is 15.4 Å². The molecule has 1 aromatic carbocycles. The van der Waals surface area contributed by atoms with Crippen molar-refractivity contribution in [2.45, 2.75) is 13.1 Å². The predicted octanol–water partition coefficient (Wildman–Crippen LogP) is 1.35. The van der Waals surface area contributed by atoms with Gasteiger partial charge < -0.3 is 14.8 Å². The summed E-state index contributed by atoms with van der Waals surface area (Å²) in [7, 11) is 0.